The molecule has 0 spiro atoms. The second-order valence-electron chi connectivity index (χ2n) is 5.01. The van der Waals surface area contributed by atoms with E-state index in [2.05, 4.69) is 29.6 Å². The van der Waals surface area contributed by atoms with Crippen LogP contribution in [0.25, 0.3) is 0 Å². The molecule has 1 aliphatic rings. The van der Waals surface area contributed by atoms with E-state index in [4.69, 9.17) is 4.42 Å². The van der Waals surface area contributed by atoms with Crippen LogP contribution in [-0.4, -0.2) is 0 Å². The fourth-order valence-electron chi connectivity index (χ4n) is 2.77. The summed E-state index contributed by atoms with van der Waals surface area (Å²) in [5.41, 5.74) is 4.22. The maximum atomic E-state index is 5.11. The minimum atomic E-state index is 0.485. The quantitative estimate of drug-likeness (QED) is 0.826. The molecule has 2 aromatic rings. The topological polar surface area (TPSA) is 25.2 Å². The Hall–Kier alpha value is -1.54. The normalized spacial score (nSPS) is 19.2. The van der Waals surface area contributed by atoms with Gasteiger partial charge in [0.05, 0.1) is 12.5 Å². The molecule has 0 saturated heterocycles. The standard InChI is InChI=1S/C16H19NO/c1-3-7-15-14(5-1)6-2-4-8-16(15)17-11-13-9-10-18-12-13/h1,3,5,7,9-10,12,16-17H,2,4,6,8,11H2. The lowest BCUT2D eigenvalue weighted by molar-refractivity contribution is 0.485. The Morgan fingerprint density at radius 3 is 3.00 bits per heavy atom. The van der Waals surface area contributed by atoms with Crippen molar-refractivity contribution in [3.63, 3.8) is 0 Å². The van der Waals surface area contributed by atoms with E-state index in [1.807, 2.05) is 12.3 Å². The van der Waals surface area contributed by atoms with Gasteiger partial charge in [-0.15, -0.1) is 0 Å². The molecular formula is C16H19NO. The van der Waals surface area contributed by atoms with E-state index < -0.39 is 0 Å². The van der Waals surface area contributed by atoms with Crippen molar-refractivity contribution >= 4 is 0 Å². The average Bonchev–Trinajstić information content (AvgIpc) is 2.84. The Morgan fingerprint density at radius 2 is 2.11 bits per heavy atom. The molecule has 0 radical (unpaired) electrons. The number of aryl methyl sites for hydroxylation is 1. The van der Waals surface area contributed by atoms with Crippen LogP contribution in [0.5, 0.6) is 0 Å². The third-order valence-electron chi connectivity index (χ3n) is 3.75. The molecule has 94 valence electrons. The van der Waals surface area contributed by atoms with Gasteiger partial charge in [0.2, 0.25) is 0 Å². The van der Waals surface area contributed by atoms with Crippen LogP contribution in [0.4, 0.5) is 0 Å². The van der Waals surface area contributed by atoms with E-state index in [1.54, 1.807) is 6.26 Å². The summed E-state index contributed by atoms with van der Waals surface area (Å²) in [6, 6.07) is 11.4. The molecule has 18 heavy (non-hydrogen) atoms. The zero-order valence-electron chi connectivity index (χ0n) is 10.6. The summed E-state index contributed by atoms with van der Waals surface area (Å²) in [6.07, 6.45) is 8.61. The lowest BCUT2D eigenvalue weighted by atomic mass is 9.99. The van der Waals surface area contributed by atoms with E-state index >= 15 is 0 Å². The second-order valence-corrected chi connectivity index (χ2v) is 5.01. The summed E-state index contributed by atoms with van der Waals surface area (Å²) in [4.78, 5) is 0. The fourth-order valence-corrected chi connectivity index (χ4v) is 2.77. The van der Waals surface area contributed by atoms with Crippen LogP contribution in [0.2, 0.25) is 0 Å². The molecule has 0 fully saturated rings. The number of rotatable bonds is 3. The third kappa shape index (κ3) is 2.49. The van der Waals surface area contributed by atoms with E-state index in [0.29, 0.717) is 6.04 Å². The van der Waals surface area contributed by atoms with Crippen LogP contribution in [0, 0.1) is 0 Å². The van der Waals surface area contributed by atoms with Crippen LogP contribution in [0.1, 0.15) is 42.0 Å². The molecular weight excluding hydrogens is 222 g/mol. The van der Waals surface area contributed by atoms with Gasteiger partial charge in [-0.3, -0.25) is 0 Å². The van der Waals surface area contributed by atoms with E-state index in [0.717, 1.165) is 6.54 Å². The molecule has 0 aliphatic heterocycles. The smallest absolute Gasteiger partial charge is 0.0947 e. The van der Waals surface area contributed by atoms with Crippen molar-refractivity contribution in [3.05, 3.63) is 59.5 Å². The van der Waals surface area contributed by atoms with Crippen LogP contribution in [-0.2, 0) is 13.0 Å². The number of hydrogen-bond donors (Lipinski definition) is 1. The first-order valence-electron chi connectivity index (χ1n) is 6.76. The highest BCUT2D eigenvalue weighted by Gasteiger charge is 2.17. The Balaban J connectivity index is 1.75. The maximum Gasteiger partial charge on any atom is 0.0947 e. The Labute approximate surface area is 108 Å². The van der Waals surface area contributed by atoms with Gasteiger partial charge < -0.3 is 9.73 Å². The van der Waals surface area contributed by atoms with Gasteiger partial charge in [-0.2, -0.15) is 0 Å². The highest BCUT2D eigenvalue weighted by atomic mass is 16.3. The van der Waals surface area contributed by atoms with Crippen LogP contribution in [0.3, 0.4) is 0 Å². The molecule has 2 nitrogen and oxygen atoms in total. The third-order valence-corrected chi connectivity index (χ3v) is 3.75. The molecule has 1 aromatic carbocycles. The first kappa shape index (κ1) is 11.5. The molecule has 1 N–H and O–H groups in total. The highest BCUT2D eigenvalue weighted by molar-refractivity contribution is 5.31. The van der Waals surface area contributed by atoms with Crippen LogP contribution < -0.4 is 5.32 Å². The van der Waals surface area contributed by atoms with Crippen molar-refractivity contribution in [2.24, 2.45) is 0 Å². The minimum absolute atomic E-state index is 0.485. The molecule has 1 atom stereocenters. The Morgan fingerprint density at radius 1 is 1.17 bits per heavy atom. The van der Waals surface area contributed by atoms with Gasteiger partial charge in [-0.05, 0) is 36.5 Å². The number of benzene rings is 1. The summed E-state index contributed by atoms with van der Waals surface area (Å²) in [5, 5.41) is 3.66. The highest BCUT2D eigenvalue weighted by Crippen LogP contribution is 2.28. The predicted octanol–water partition coefficient (Wildman–Crippen LogP) is 3.84. The zero-order chi connectivity index (χ0) is 12.2. The summed E-state index contributed by atoms with van der Waals surface area (Å²) < 4.78 is 5.11. The zero-order valence-corrected chi connectivity index (χ0v) is 10.6. The van der Waals surface area contributed by atoms with Crippen LogP contribution in [0.15, 0.2) is 47.3 Å². The molecule has 2 heteroatoms. The summed E-state index contributed by atoms with van der Waals surface area (Å²) in [5.74, 6) is 0. The average molecular weight is 241 g/mol. The Kier molecular flexibility index (Phi) is 3.47. The monoisotopic (exact) mass is 241 g/mol. The van der Waals surface area contributed by atoms with Gasteiger partial charge in [0.1, 0.15) is 0 Å². The summed E-state index contributed by atoms with van der Waals surface area (Å²) in [7, 11) is 0. The predicted molar refractivity (Wildman–Crippen MR) is 72.3 cm³/mol. The van der Waals surface area contributed by atoms with E-state index in [9.17, 15) is 0 Å². The molecule has 1 aliphatic carbocycles. The Bertz CT molecular complexity index is 490. The van der Waals surface area contributed by atoms with Gasteiger partial charge in [-0.1, -0.05) is 30.7 Å². The molecule has 0 bridgehead atoms. The van der Waals surface area contributed by atoms with Crippen molar-refractivity contribution in [1.82, 2.24) is 5.32 Å². The lowest BCUT2D eigenvalue weighted by Gasteiger charge is -2.19. The molecule has 0 saturated carbocycles. The van der Waals surface area contributed by atoms with E-state index in [1.165, 1.54) is 42.4 Å². The number of furan rings is 1. The fraction of sp³-hybridized carbons (Fsp3) is 0.375. The maximum absolute atomic E-state index is 5.11. The number of fused-ring (bicyclic) bond motifs is 1. The number of hydrogen-bond acceptors (Lipinski definition) is 2. The first-order valence-corrected chi connectivity index (χ1v) is 6.76. The van der Waals surface area contributed by atoms with Gasteiger partial charge in [0.15, 0.2) is 0 Å². The van der Waals surface area contributed by atoms with Gasteiger partial charge in [0.25, 0.3) is 0 Å². The lowest BCUT2D eigenvalue weighted by Crippen LogP contribution is -2.20. The van der Waals surface area contributed by atoms with Crippen molar-refractivity contribution in [2.45, 2.75) is 38.3 Å². The molecule has 0 amide bonds. The van der Waals surface area contributed by atoms with E-state index in [-0.39, 0.29) is 0 Å². The largest absolute Gasteiger partial charge is 0.472 e. The molecule has 1 aromatic heterocycles. The van der Waals surface area contributed by atoms with Crippen LogP contribution >= 0.6 is 0 Å². The van der Waals surface area contributed by atoms with Crippen molar-refractivity contribution < 1.29 is 4.42 Å². The molecule has 1 unspecified atom stereocenters. The minimum Gasteiger partial charge on any atom is -0.472 e. The van der Waals surface area contributed by atoms with Gasteiger partial charge >= 0.3 is 0 Å². The van der Waals surface area contributed by atoms with Crippen molar-refractivity contribution in [3.8, 4) is 0 Å². The van der Waals surface area contributed by atoms with Crippen molar-refractivity contribution in [2.75, 3.05) is 0 Å². The SMILES string of the molecule is c1ccc2c(c1)CCCCC2NCc1ccoc1. The van der Waals surface area contributed by atoms with Gasteiger partial charge in [0, 0.05) is 18.2 Å². The number of nitrogens with one attached hydrogen (secondary N) is 1. The molecule has 3 rings (SSSR count). The second kappa shape index (κ2) is 5.40. The summed E-state index contributed by atoms with van der Waals surface area (Å²) >= 11 is 0. The van der Waals surface area contributed by atoms with Gasteiger partial charge in [-0.25, -0.2) is 0 Å². The summed E-state index contributed by atoms with van der Waals surface area (Å²) in [6.45, 7) is 0.884. The molecule has 1 heterocycles. The van der Waals surface area contributed by atoms with Crippen molar-refractivity contribution in [1.29, 1.82) is 0 Å². The first-order chi connectivity index (χ1) is 8.93.